The molecule has 29 heavy (non-hydrogen) atoms. The molecule has 2 heterocycles. The van der Waals surface area contributed by atoms with Crippen LogP contribution in [0.3, 0.4) is 0 Å². The second-order valence-corrected chi connectivity index (χ2v) is 7.55. The number of rotatable bonds is 7. The molecule has 1 N–H and O–H groups in total. The van der Waals surface area contributed by atoms with Crippen LogP contribution in [-0.4, -0.2) is 47.4 Å². The summed E-state index contributed by atoms with van der Waals surface area (Å²) >= 11 is 0. The molecule has 2 aromatic rings. The molecule has 1 fully saturated rings. The molecule has 1 saturated heterocycles. The van der Waals surface area contributed by atoms with Crippen molar-refractivity contribution in [2.75, 3.05) is 19.7 Å². The molecular weight excluding hydrogens is 366 g/mol. The van der Waals surface area contributed by atoms with Gasteiger partial charge in [0.1, 0.15) is 5.75 Å². The van der Waals surface area contributed by atoms with Crippen LogP contribution in [0.15, 0.2) is 42.7 Å². The first-order valence-corrected chi connectivity index (χ1v) is 10.2. The molecule has 0 spiro atoms. The number of amides is 2. The van der Waals surface area contributed by atoms with Gasteiger partial charge < -0.3 is 15.0 Å². The van der Waals surface area contributed by atoms with E-state index in [0.29, 0.717) is 38.1 Å². The van der Waals surface area contributed by atoms with Gasteiger partial charge in [-0.3, -0.25) is 14.6 Å². The van der Waals surface area contributed by atoms with E-state index in [9.17, 15) is 9.59 Å². The van der Waals surface area contributed by atoms with Crippen molar-refractivity contribution in [1.82, 2.24) is 15.2 Å². The highest BCUT2D eigenvalue weighted by molar-refractivity contribution is 5.93. The lowest BCUT2D eigenvalue weighted by Crippen LogP contribution is -2.46. The van der Waals surface area contributed by atoms with Crippen molar-refractivity contribution in [3.05, 3.63) is 59.4 Å². The summed E-state index contributed by atoms with van der Waals surface area (Å²) in [6, 6.07) is 9.75. The van der Waals surface area contributed by atoms with Gasteiger partial charge in [0.05, 0.1) is 12.2 Å². The van der Waals surface area contributed by atoms with Gasteiger partial charge in [-0.1, -0.05) is 18.2 Å². The second kappa shape index (κ2) is 10.0. The smallest absolute Gasteiger partial charge is 0.255 e. The number of carbonyl (C=O) groups excluding carboxylic acids is 2. The number of hydrogen-bond donors (Lipinski definition) is 1. The summed E-state index contributed by atoms with van der Waals surface area (Å²) in [7, 11) is 0. The molecule has 1 aromatic carbocycles. The molecule has 1 aromatic heterocycles. The SMILES string of the molecule is Cc1cccc(C)c1OCCCC(=O)NC1CCN(C(=O)c2cccnc2)CC1. The number of likely N-dealkylation sites (tertiary alicyclic amines) is 1. The number of carbonyl (C=O) groups is 2. The Morgan fingerprint density at radius 2 is 1.86 bits per heavy atom. The maximum Gasteiger partial charge on any atom is 0.255 e. The zero-order chi connectivity index (χ0) is 20.6. The van der Waals surface area contributed by atoms with Gasteiger partial charge in [0.25, 0.3) is 5.91 Å². The maximum absolute atomic E-state index is 12.5. The first-order valence-electron chi connectivity index (χ1n) is 10.2. The molecule has 154 valence electrons. The standard InChI is InChI=1S/C23H29N3O3/c1-17-6-3-7-18(2)22(17)29-15-5-9-21(27)25-20-10-13-26(14-11-20)23(28)19-8-4-12-24-16-19/h3-4,6-8,12,16,20H,5,9-11,13-15H2,1-2H3,(H,25,27). The van der Waals surface area contributed by atoms with Crippen molar-refractivity contribution in [1.29, 1.82) is 0 Å². The normalized spacial score (nSPS) is 14.5. The predicted molar refractivity (Wildman–Crippen MR) is 112 cm³/mol. The largest absolute Gasteiger partial charge is 0.493 e. The minimum Gasteiger partial charge on any atom is -0.493 e. The Morgan fingerprint density at radius 1 is 1.14 bits per heavy atom. The van der Waals surface area contributed by atoms with Gasteiger partial charge in [-0.2, -0.15) is 0 Å². The van der Waals surface area contributed by atoms with Gasteiger partial charge in [0.2, 0.25) is 5.91 Å². The lowest BCUT2D eigenvalue weighted by Gasteiger charge is -2.32. The molecule has 6 nitrogen and oxygen atoms in total. The number of nitrogens with one attached hydrogen (secondary N) is 1. The van der Waals surface area contributed by atoms with E-state index in [2.05, 4.69) is 10.3 Å². The third kappa shape index (κ3) is 5.79. The number of pyridine rings is 1. The monoisotopic (exact) mass is 395 g/mol. The van der Waals surface area contributed by atoms with Crippen LogP contribution >= 0.6 is 0 Å². The Labute approximate surface area is 172 Å². The van der Waals surface area contributed by atoms with Crippen LogP contribution in [0.2, 0.25) is 0 Å². The Hall–Kier alpha value is -2.89. The van der Waals surface area contributed by atoms with E-state index < -0.39 is 0 Å². The topological polar surface area (TPSA) is 71.5 Å². The van der Waals surface area contributed by atoms with E-state index in [1.54, 1.807) is 24.5 Å². The fraction of sp³-hybridized carbons (Fsp3) is 0.435. The number of aryl methyl sites for hydroxylation is 2. The molecular formula is C23H29N3O3. The van der Waals surface area contributed by atoms with Gasteiger partial charge in [-0.05, 0) is 56.4 Å². The van der Waals surface area contributed by atoms with Crippen LogP contribution in [0.25, 0.3) is 0 Å². The molecule has 2 amide bonds. The number of aromatic nitrogens is 1. The number of para-hydroxylation sites is 1. The summed E-state index contributed by atoms with van der Waals surface area (Å²) < 4.78 is 5.86. The number of nitrogens with zero attached hydrogens (tertiary/aromatic N) is 2. The highest BCUT2D eigenvalue weighted by Crippen LogP contribution is 2.22. The Balaban J connectivity index is 1.35. The van der Waals surface area contributed by atoms with Gasteiger partial charge in [0, 0.05) is 37.9 Å². The van der Waals surface area contributed by atoms with Crippen LogP contribution in [0.5, 0.6) is 5.75 Å². The first kappa shape index (κ1) is 20.8. The average molecular weight is 396 g/mol. The van der Waals surface area contributed by atoms with Crippen molar-refractivity contribution < 1.29 is 14.3 Å². The summed E-state index contributed by atoms with van der Waals surface area (Å²) in [6.45, 7) is 5.88. The molecule has 0 saturated carbocycles. The molecule has 0 aliphatic carbocycles. The van der Waals surface area contributed by atoms with Crippen LogP contribution in [0.4, 0.5) is 0 Å². The fourth-order valence-corrected chi connectivity index (χ4v) is 3.63. The van der Waals surface area contributed by atoms with Crippen molar-refractivity contribution >= 4 is 11.8 Å². The number of ether oxygens (including phenoxy) is 1. The maximum atomic E-state index is 12.5. The molecule has 0 atom stereocenters. The van der Waals surface area contributed by atoms with E-state index >= 15 is 0 Å². The molecule has 6 heteroatoms. The molecule has 1 aliphatic rings. The molecule has 0 radical (unpaired) electrons. The second-order valence-electron chi connectivity index (χ2n) is 7.55. The van der Waals surface area contributed by atoms with E-state index in [1.165, 1.54) is 0 Å². The molecule has 0 bridgehead atoms. The summed E-state index contributed by atoms with van der Waals surface area (Å²) in [4.78, 5) is 30.5. The minimum absolute atomic E-state index is 0.00604. The third-order valence-corrected chi connectivity index (χ3v) is 5.26. The quantitative estimate of drug-likeness (QED) is 0.731. The van der Waals surface area contributed by atoms with E-state index in [4.69, 9.17) is 4.74 Å². The summed E-state index contributed by atoms with van der Waals surface area (Å²) in [6.07, 6.45) is 5.92. The van der Waals surface area contributed by atoms with Gasteiger partial charge >= 0.3 is 0 Å². The van der Waals surface area contributed by atoms with E-state index in [-0.39, 0.29) is 17.9 Å². The van der Waals surface area contributed by atoms with E-state index in [1.807, 2.05) is 36.9 Å². The molecule has 1 aliphatic heterocycles. The van der Waals surface area contributed by atoms with Crippen molar-refractivity contribution in [2.24, 2.45) is 0 Å². The van der Waals surface area contributed by atoms with Gasteiger partial charge in [-0.15, -0.1) is 0 Å². The van der Waals surface area contributed by atoms with Crippen molar-refractivity contribution in [3.8, 4) is 5.75 Å². The lowest BCUT2D eigenvalue weighted by atomic mass is 10.0. The fourth-order valence-electron chi connectivity index (χ4n) is 3.63. The van der Waals surface area contributed by atoms with Gasteiger partial charge in [0.15, 0.2) is 0 Å². The summed E-state index contributed by atoms with van der Waals surface area (Å²) in [5.41, 5.74) is 2.84. The third-order valence-electron chi connectivity index (χ3n) is 5.26. The number of piperidine rings is 1. The minimum atomic E-state index is 0.00604. The zero-order valence-corrected chi connectivity index (χ0v) is 17.2. The molecule has 0 unspecified atom stereocenters. The Kier molecular flexibility index (Phi) is 7.22. The predicted octanol–water partition coefficient (Wildman–Crippen LogP) is 3.28. The van der Waals surface area contributed by atoms with Crippen molar-refractivity contribution in [3.63, 3.8) is 0 Å². The number of benzene rings is 1. The Bertz CT molecular complexity index is 810. The highest BCUT2D eigenvalue weighted by Gasteiger charge is 2.24. The number of hydrogen-bond acceptors (Lipinski definition) is 4. The van der Waals surface area contributed by atoms with Crippen LogP contribution in [0.1, 0.15) is 47.2 Å². The zero-order valence-electron chi connectivity index (χ0n) is 17.2. The van der Waals surface area contributed by atoms with Crippen LogP contribution < -0.4 is 10.1 Å². The van der Waals surface area contributed by atoms with Crippen molar-refractivity contribution in [2.45, 2.75) is 45.6 Å². The average Bonchev–Trinajstić information content (AvgIpc) is 2.73. The summed E-state index contributed by atoms with van der Waals surface area (Å²) in [5.74, 6) is 0.970. The molecule has 3 rings (SSSR count). The van der Waals surface area contributed by atoms with Crippen LogP contribution in [0, 0.1) is 13.8 Å². The summed E-state index contributed by atoms with van der Waals surface area (Å²) in [5, 5.41) is 3.09. The van der Waals surface area contributed by atoms with Crippen LogP contribution in [-0.2, 0) is 4.79 Å². The van der Waals surface area contributed by atoms with E-state index in [0.717, 1.165) is 29.7 Å². The first-order chi connectivity index (χ1) is 14.0. The van der Waals surface area contributed by atoms with Gasteiger partial charge in [-0.25, -0.2) is 0 Å². The lowest BCUT2D eigenvalue weighted by molar-refractivity contribution is -0.122. The highest BCUT2D eigenvalue weighted by atomic mass is 16.5. The Morgan fingerprint density at radius 3 is 2.52 bits per heavy atom.